The second-order valence-electron chi connectivity index (χ2n) is 7.34. The van der Waals surface area contributed by atoms with Crippen LogP contribution >= 0.6 is 0 Å². The molecule has 32 heavy (non-hydrogen) atoms. The van der Waals surface area contributed by atoms with Crippen molar-refractivity contribution < 1.29 is 19.0 Å². The molecule has 0 aliphatic carbocycles. The highest BCUT2D eigenvalue weighted by atomic mass is 17.1. The predicted molar refractivity (Wildman–Crippen MR) is 122 cm³/mol. The highest BCUT2D eigenvalue weighted by Gasteiger charge is 2.16. The third-order valence-electron chi connectivity index (χ3n) is 5.35. The number of para-hydroxylation sites is 2. The number of anilines is 2. The molecule has 5 rings (SSSR count). The first kappa shape index (κ1) is 20.0. The smallest absolute Gasteiger partial charge is 0.349 e. The fourth-order valence-corrected chi connectivity index (χ4v) is 3.77. The summed E-state index contributed by atoms with van der Waals surface area (Å²) >= 11 is 0. The lowest BCUT2D eigenvalue weighted by atomic mass is 10.1. The van der Waals surface area contributed by atoms with E-state index in [9.17, 15) is 4.79 Å². The summed E-state index contributed by atoms with van der Waals surface area (Å²) in [5, 5.41) is 9.39. The summed E-state index contributed by atoms with van der Waals surface area (Å²) in [6.45, 7) is 2.89. The van der Waals surface area contributed by atoms with Gasteiger partial charge in [-0.05, 0) is 55.0 Å². The lowest BCUT2D eigenvalue weighted by Crippen LogP contribution is -2.16. The number of nitrogens with zero attached hydrogens (tertiary/aromatic N) is 2. The minimum Gasteiger partial charge on any atom is -0.436 e. The Bertz CT molecular complexity index is 1420. The second kappa shape index (κ2) is 8.30. The molecule has 5 aromatic rings. The molecule has 0 unspecified atom stereocenters. The Balaban J connectivity index is 1.52. The molecule has 7 heteroatoms. The molecule has 160 valence electrons. The summed E-state index contributed by atoms with van der Waals surface area (Å²) in [5.74, 6) is 0.244. The fraction of sp³-hybridized carbons (Fsp3) is 0.120. The van der Waals surface area contributed by atoms with Gasteiger partial charge < -0.3 is 13.7 Å². The summed E-state index contributed by atoms with van der Waals surface area (Å²) in [6, 6.07) is 22.5. The van der Waals surface area contributed by atoms with Crippen molar-refractivity contribution in [1.82, 2.24) is 4.98 Å². The Morgan fingerprint density at radius 2 is 1.72 bits per heavy atom. The topological polar surface area (TPSA) is 88.9 Å². The number of aromatic nitrogens is 1. The molecule has 0 saturated carbocycles. The maximum absolute atomic E-state index is 12.7. The zero-order valence-corrected chi connectivity index (χ0v) is 17.3. The minimum absolute atomic E-state index is 0.135. The first-order valence-electron chi connectivity index (χ1n) is 10.2. The van der Waals surface area contributed by atoms with Gasteiger partial charge in [0.15, 0.2) is 5.58 Å². The fourth-order valence-electron chi connectivity index (χ4n) is 3.77. The zero-order valence-electron chi connectivity index (χ0n) is 17.3. The van der Waals surface area contributed by atoms with Crippen LogP contribution in [-0.4, -0.2) is 16.8 Å². The molecule has 2 aromatic heterocycles. The van der Waals surface area contributed by atoms with E-state index in [2.05, 4.69) is 14.8 Å². The molecule has 3 aromatic carbocycles. The van der Waals surface area contributed by atoms with Crippen LogP contribution in [0.4, 0.5) is 11.4 Å². The maximum atomic E-state index is 12.7. The molecule has 0 aliphatic heterocycles. The van der Waals surface area contributed by atoms with Crippen molar-refractivity contribution in [2.24, 2.45) is 0 Å². The molecule has 0 fully saturated rings. The van der Waals surface area contributed by atoms with E-state index in [1.165, 1.54) is 0 Å². The number of fused-ring (bicyclic) bond motifs is 2. The van der Waals surface area contributed by atoms with Gasteiger partial charge in [-0.3, -0.25) is 5.26 Å². The number of hydrogen-bond acceptors (Lipinski definition) is 7. The first-order valence-corrected chi connectivity index (χ1v) is 10.2. The van der Waals surface area contributed by atoms with Crippen LogP contribution in [-0.2, 0) is 11.5 Å². The van der Waals surface area contributed by atoms with E-state index < -0.39 is 5.63 Å². The van der Waals surface area contributed by atoms with Gasteiger partial charge in [-0.15, -0.1) is 0 Å². The molecule has 2 heterocycles. The normalized spacial score (nSPS) is 11.3. The van der Waals surface area contributed by atoms with Gasteiger partial charge in [0.1, 0.15) is 23.3 Å². The Hall–Kier alpha value is -3.94. The van der Waals surface area contributed by atoms with Crippen LogP contribution in [0.1, 0.15) is 12.5 Å². The zero-order chi connectivity index (χ0) is 22.1. The summed E-state index contributed by atoms with van der Waals surface area (Å²) < 4.78 is 11.4. The van der Waals surface area contributed by atoms with Crippen LogP contribution in [0.3, 0.4) is 0 Å². The van der Waals surface area contributed by atoms with Crippen LogP contribution in [0.2, 0.25) is 0 Å². The SMILES string of the molecule is CCN(c1ccc(COO)cc1)c1ccc2cc(-c3nc4ccccc4o3)c(=O)oc2c1. The van der Waals surface area contributed by atoms with Crippen molar-refractivity contribution in [2.75, 3.05) is 11.4 Å². The standard InChI is InChI=1S/C25H20N2O5/c1-2-27(18-10-7-16(8-11-18)15-30-29)19-12-9-17-13-20(25(28)32-23(17)14-19)24-26-21-5-3-4-6-22(21)31-24/h3-14,29H,2,15H2,1H3. The van der Waals surface area contributed by atoms with Crippen molar-refractivity contribution in [3.05, 3.63) is 88.8 Å². The molecule has 0 amide bonds. The third kappa shape index (κ3) is 3.64. The Kier molecular flexibility index (Phi) is 5.18. The monoisotopic (exact) mass is 428 g/mol. The van der Waals surface area contributed by atoms with Crippen molar-refractivity contribution >= 4 is 33.4 Å². The summed E-state index contributed by atoms with van der Waals surface area (Å²) in [6.07, 6.45) is 0. The van der Waals surface area contributed by atoms with E-state index in [1.54, 1.807) is 6.07 Å². The third-order valence-corrected chi connectivity index (χ3v) is 5.35. The second-order valence-corrected chi connectivity index (χ2v) is 7.34. The van der Waals surface area contributed by atoms with Crippen molar-refractivity contribution in [2.45, 2.75) is 13.5 Å². The number of rotatable bonds is 6. The van der Waals surface area contributed by atoms with E-state index in [-0.39, 0.29) is 18.1 Å². The van der Waals surface area contributed by atoms with E-state index in [4.69, 9.17) is 14.1 Å². The van der Waals surface area contributed by atoms with Gasteiger partial charge in [0, 0.05) is 29.4 Å². The molecule has 0 saturated heterocycles. The van der Waals surface area contributed by atoms with E-state index in [0.717, 1.165) is 22.3 Å². The first-order chi connectivity index (χ1) is 15.7. The van der Waals surface area contributed by atoms with Crippen molar-refractivity contribution in [1.29, 1.82) is 0 Å². The van der Waals surface area contributed by atoms with Crippen molar-refractivity contribution in [3.8, 4) is 11.5 Å². The molecule has 1 N–H and O–H groups in total. The number of benzene rings is 3. The van der Waals surface area contributed by atoms with E-state index in [0.29, 0.717) is 23.2 Å². The highest BCUT2D eigenvalue weighted by Crippen LogP contribution is 2.30. The lowest BCUT2D eigenvalue weighted by Gasteiger charge is -2.23. The molecule has 7 nitrogen and oxygen atoms in total. The molecule has 0 bridgehead atoms. The van der Waals surface area contributed by atoms with Crippen LogP contribution in [0, 0.1) is 0 Å². The van der Waals surface area contributed by atoms with E-state index >= 15 is 0 Å². The average Bonchev–Trinajstić information content (AvgIpc) is 3.24. The predicted octanol–water partition coefficient (Wildman–Crippen LogP) is 5.75. The summed E-state index contributed by atoms with van der Waals surface area (Å²) in [5.41, 5.74) is 4.30. The molecule has 0 spiro atoms. The Morgan fingerprint density at radius 1 is 0.938 bits per heavy atom. The summed E-state index contributed by atoms with van der Waals surface area (Å²) in [7, 11) is 0. The molecule has 0 atom stereocenters. The largest absolute Gasteiger partial charge is 0.436 e. The number of oxazole rings is 1. The van der Waals surface area contributed by atoms with Gasteiger partial charge in [-0.2, -0.15) is 0 Å². The van der Waals surface area contributed by atoms with Gasteiger partial charge in [0.25, 0.3) is 0 Å². The molecular formula is C25H20N2O5. The van der Waals surface area contributed by atoms with Gasteiger partial charge in [-0.25, -0.2) is 14.7 Å². The molecular weight excluding hydrogens is 408 g/mol. The summed E-state index contributed by atoms with van der Waals surface area (Å²) in [4.78, 5) is 23.4. The van der Waals surface area contributed by atoms with Crippen LogP contribution in [0.15, 0.2) is 86.4 Å². The molecule has 0 radical (unpaired) electrons. The van der Waals surface area contributed by atoms with Gasteiger partial charge in [0.2, 0.25) is 5.89 Å². The van der Waals surface area contributed by atoms with Crippen molar-refractivity contribution in [3.63, 3.8) is 0 Å². The lowest BCUT2D eigenvalue weighted by molar-refractivity contribution is -0.253. The van der Waals surface area contributed by atoms with Crippen LogP contribution < -0.4 is 10.5 Å². The average molecular weight is 428 g/mol. The Morgan fingerprint density at radius 3 is 2.47 bits per heavy atom. The maximum Gasteiger partial charge on any atom is 0.349 e. The highest BCUT2D eigenvalue weighted by molar-refractivity contribution is 5.85. The van der Waals surface area contributed by atoms with E-state index in [1.807, 2.05) is 73.7 Å². The van der Waals surface area contributed by atoms with Gasteiger partial charge in [0.05, 0.1) is 0 Å². The molecule has 0 aliphatic rings. The minimum atomic E-state index is -0.502. The van der Waals surface area contributed by atoms with Gasteiger partial charge >= 0.3 is 5.63 Å². The number of hydrogen-bond donors (Lipinski definition) is 1. The van der Waals surface area contributed by atoms with Crippen LogP contribution in [0.25, 0.3) is 33.5 Å². The quantitative estimate of drug-likeness (QED) is 0.209. The van der Waals surface area contributed by atoms with Gasteiger partial charge in [-0.1, -0.05) is 24.3 Å². The van der Waals surface area contributed by atoms with Crippen LogP contribution in [0.5, 0.6) is 0 Å². The Labute approximate surface area is 183 Å².